The maximum Gasteiger partial charge on any atom is 0.228 e. The largest absolute Gasteiger partial charge is 0.493 e. The number of aromatic nitrogens is 1. The van der Waals surface area contributed by atoms with Gasteiger partial charge < -0.3 is 9.64 Å². The lowest BCUT2D eigenvalue weighted by Crippen LogP contribution is -2.44. The highest BCUT2D eigenvalue weighted by molar-refractivity contribution is 7.13. The summed E-state index contributed by atoms with van der Waals surface area (Å²) in [5, 5.41) is 2.91. The highest BCUT2D eigenvalue weighted by atomic mass is 32.1. The monoisotopic (exact) mass is 434 g/mol. The second-order valence-corrected chi connectivity index (χ2v) is 8.86. The van der Waals surface area contributed by atoms with Gasteiger partial charge in [0, 0.05) is 18.0 Å². The van der Waals surface area contributed by atoms with E-state index in [0.717, 1.165) is 54.2 Å². The van der Waals surface area contributed by atoms with Crippen LogP contribution in [0.15, 0.2) is 53.9 Å². The zero-order chi connectivity index (χ0) is 21.6. The molecule has 1 aliphatic carbocycles. The lowest BCUT2D eigenvalue weighted by molar-refractivity contribution is -0.133. The van der Waals surface area contributed by atoms with Gasteiger partial charge >= 0.3 is 0 Å². The van der Waals surface area contributed by atoms with Crippen LogP contribution in [0.1, 0.15) is 43.5 Å². The molecule has 0 N–H and O–H groups in total. The number of amides is 1. The number of ether oxygens (including phenoxy) is 1. The maximum absolute atomic E-state index is 13.3. The summed E-state index contributed by atoms with van der Waals surface area (Å²) < 4.78 is 5.75. The molecule has 0 saturated heterocycles. The Morgan fingerprint density at radius 2 is 1.90 bits per heavy atom. The molecule has 0 radical (unpaired) electrons. The standard InChI is InChI=1S/C26H30N2O2S/c1-3-15-28(22-14-13-19-9-5-6-10-20(19)16-22)25(29)17-21-18-31-26(27-21)23-11-7-8-12-24(23)30-4-2/h5-12,18,22H,3-4,13-17H2,1-2H3. The number of hydrogen-bond acceptors (Lipinski definition) is 4. The van der Waals surface area contributed by atoms with E-state index in [9.17, 15) is 4.79 Å². The molecular weight excluding hydrogens is 404 g/mol. The molecule has 3 aromatic rings. The van der Waals surface area contributed by atoms with Crippen LogP contribution in [0, 0.1) is 0 Å². The van der Waals surface area contributed by atoms with E-state index in [-0.39, 0.29) is 11.9 Å². The number of rotatable bonds is 8. The number of benzene rings is 2. The van der Waals surface area contributed by atoms with E-state index < -0.39 is 0 Å². The Hall–Kier alpha value is -2.66. The van der Waals surface area contributed by atoms with Crippen molar-refractivity contribution < 1.29 is 9.53 Å². The van der Waals surface area contributed by atoms with Gasteiger partial charge in [0.2, 0.25) is 5.91 Å². The van der Waals surface area contributed by atoms with Gasteiger partial charge in [0.15, 0.2) is 0 Å². The van der Waals surface area contributed by atoms with Gasteiger partial charge in [-0.05, 0) is 55.9 Å². The summed E-state index contributed by atoms with van der Waals surface area (Å²) in [5.41, 5.74) is 4.65. The van der Waals surface area contributed by atoms with Crippen molar-refractivity contribution in [3.05, 3.63) is 70.7 Å². The molecule has 0 bridgehead atoms. The van der Waals surface area contributed by atoms with Gasteiger partial charge in [0.1, 0.15) is 10.8 Å². The molecule has 2 aromatic carbocycles. The molecule has 1 aromatic heterocycles. The number of nitrogens with zero attached hydrogens (tertiary/aromatic N) is 2. The number of hydrogen-bond donors (Lipinski definition) is 0. The van der Waals surface area contributed by atoms with Crippen molar-refractivity contribution in [3.63, 3.8) is 0 Å². The minimum Gasteiger partial charge on any atom is -0.493 e. The fourth-order valence-corrected chi connectivity index (χ4v) is 5.24. The first-order chi connectivity index (χ1) is 15.2. The van der Waals surface area contributed by atoms with Crippen LogP contribution in [0.25, 0.3) is 10.6 Å². The SMILES string of the molecule is CCCN(C(=O)Cc1csc(-c2ccccc2OCC)n1)C1CCc2ccccc2C1. The number of carbonyl (C=O) groups is 1. The topological polar surface area (TPSA) is 42.4 Å². The van der Waals surface area contributed by atoms with Crippen molar-refractivity contribution in [2.24, 2.45) is 0 Å². The second-order valence-electron chi connectivity index (χ2n) is 8.00. The molecule has 1 unspecified atom stereocenters. The van der Waals surface area contributed by atoms with Crippen molar-refractivity contribution in [1.29, 1.82) is 0 Å². The number of carbonyl (C=O) groups excluding carboxylic acids is 1. The zero-order valence-corrected chi connectivity index (χ0v) is 19.2. The molecule has 0 saturated carbocycles. The summed E-state index contributed by atoms with van der Waals surface area (Å²) in [6.45, 7) is 5.54. The van der Waals surface area contributed by atoms with Gasteiger partial charge in [-0.15, -0.1) is 11.3 Å². The van der Waals surface area contributed by atoms with Crippen LogP contribution in [-0.4, -0.2) is 35.0 Å². The molecule has 1 amide bonds. The Morgan fingerprint density at radius 3 is 2.71 bits per heavy atom. The molecule has 0 spiro atoms. The van der Waals surface area contributed by atoms with Crippen LogP contribution in [0.2, 0.25) is 0 Å². The van der Waals surface area contributed by atoms with Crippen LogP contribution >= 0.6 is 11.3 Å². The van der Waals surface area contributed by atoms with E-state index in [1.54, 1.807) is 11.3 Å². The number of thiazole rings is 1. The van der Waals surface area contributed by atoms with Gasteiger partial charge in [-0.1, -0.05) is 43.3 Å². The van der Waals surface area contributed by atoms with Gasteiger partial charge in [0.05, 0.1) is 24.3 Å². The molecule has 1 atom stereocenters. The molecule has 0 aliphatic heterocycles. The summed E-state index contributed by atoms with van der Waals surface area (Å²) in [6, 6.07) is 16.9. The van der Waals surface area contributed by atoms with Crippen molar-refractivity contribution in [1.82, 2.24) is 9.88 Å². The highest BCUT2D eigenvalue weighted by Crippen LogP contribution is 2.32. The van der Waals surface area contributed by atoms with E-state index in [2.05, 4.69) is 36.1 Å². The number of aryl methyl sites for hydroxylation is 1. The van der Waals surface area contributed by atoms with Crippen molar-refractivity contribution >= 4 is 17.2 Å². The Morgan fingerprint density at radius 1 is 1.13 bits per heavy atom. The first-order valence-corrected chi connectivity index (χ1v) is 12.1. The molecule has 1 aliphatic rings. The lowest BCUT2D eigenvalue weighted by atomic mass is 9.87. The second kappa shape index (κ2) is 10.1. The lowest BCUT2D eigenvalue weighted by Gasteiger charge is -2.35. The van der Waals surface area contributed by atoms with Gasteiger partial charge in [-0.3, -0.25) is 4.79 Å². The molecule has 31 heavy (non-hydrogen) atoms. The molecular formula is C26H30N2O2S. The summed E-state index contributed by atoms with van der Waals surface area (Å²) in [6.07, 6.45) is 4.35. The van der Waals surface area contributed by atoms with E-state index in [4.69, 9.17) is 9.72 Å². The molecule has 4 rings (SSSR count). The maximum atomic E-state index is 13.3. The molecule has 0 fully saturated rings. The summed E-state index contributed by atoms with van der Waals surface area (Å²) >= 11 is 1.57. The Kier molecular flexibility index (Phi) is 7.03. The van der Waals surface area contributed by atoms with E-state index >= 15 is 0 Å². The average molecular weight is 435 g/mol. The van der Waals surface area contributed by atoms with Crippen molar-refractivity contribution in [2.45, 2.75) is 52.0 Å². The van der Waals surface area contributed by atoms with Crippen LogP contribution in [0.5, 0.6) is 5.75 Å². The molecule has 162 valence electrons. The van der Waals surface area contributed by atoms with Gasteiger partial charge in [-0.2, -0.15) is 0 Å². The first kappa shape index (κ1) is 21.6. The summed E-state index contributed by atoms with van der Waals surface area (Å²) in [7, 11) is 0. The van der Waals surface area contributed by atoms with E-state index in [0.29, 0.717) is 13.0 Å². The van der Waals surface area contributed by atoms with Crippen molar-refractivity contribution in [2.75, 3.05) is 13.2 Å². The zero-order valence-electron chi connectivity index (χ0n) is 18.3. The van der Waals surface area contributed by atoms with Crippen LogP contribution in [0.3, 0.4) is 0 Å². The first-order valence-electron chi connectivity index (χ1n) is 11.2. The minimum atomic E-state index is 0.182. The Bertz CT molecular complexity index is 1030. The van der Waals surface area contributed by atoms with Gasteiger partial charge in [-0.25, -0.2) is 4.98 Å². The minimum absolute atomic E-state index is 0.182. The third kappa shape index (κ3) is 4.99. The Balaban J connectivity index is 1.48. The van der Waals surface area contributed by atoms with Crippen molar-refractivity contribution in [3.8, 4) is 16.3 Å². The van der Waals surface area contributed by atoms with E-state index in [1.807, 2.05) is 36.6 Å². The Labute approximate surface area is 188 Å². The quantitative estimate of drug-likeness (QED) is 0.467. The molecule has 4 nitrogen and oxygen atoms in total. The predicted octanol–water partition coefficient (Wildman–Crippen LogP) is 5.55. The molecule has 1 heterocycles. The molecule has 5 heteroatoms. The third-order valence-electron chi connectivity index (χ3n) is 5.85. The van der Waals surface area contributed by atoms with Crippen LogP contribution < -0.4 is 4.74 Å². The third-order valence-corrected chi connectivity index (χ3v) is 6.77. The average Bonchev–Trinajstić information content (AvgIpc) is 3.26. The van der Waals surface area contributed by atoms with Crippen LogP contribution in [0.4, 0.5) is 0 Å². The summed E-state index contributed by atoms with van der Waals surface area (Å²) in [5.74, 6) is 1.02. The fraction of sp³-hybridized carbons (Fsp3) is 0.385. The summed E-state index contributed by atoms with van der Waals surface area (Å²) in [4.78, 5) is 20.2. The fourth-order valence-electron chi connectivity index (χ4n) is 4.39. The number of para-hydroxylation sites is 1. The smallest absolute Gasteiger partial charge is 0.228 e. The highest BCUT2D eigenvalue weighted by Gasteiger charge is 2.27. The predicted molar refractivity (Wildman–Crippen MR) is 127 cm³/mol. The number of fused-ring (bicyclic) bond motifs is 1. The normalized spacial score (nSPS) is 15.4. The van der Waals surface area contributed by atoms with Crippen LogP contribution in [-0.2, 0) is 24.1 Å². The van der Waals surface area contributed by atoms with Gasteiger partial charge in [0.25, 0.3) is 0 Å². The van der Waals surface area contributed by atoms with E-state index in [1.165, 1.54) is 11.1 Å².